The third-order valence-electron chi connectivity index (χ3n) is 4.57. The molecule has 0 aliphatic carbocycles. The molecule has 1 aliphatic heterocycles. The van der Waals surface area contributed by atoms with Crippen LogP contribution in [0.5, 0.6) is 5.75 Å². The molecule has 1 aliphatic rings. The molecule has 0 fully saturated rings. The van der Waals surface area contributed by atoms with Crippen molar-refractivity contribution in [1.29, 1.82) is 0 Å². The summed E-state index contributed by atoms with van der Waals surface area (Å²) < 4.78 is 31.7. The molecule has 0 saturated carbocycles. The van der Waals surface area contributed by atoms with Gasteiger partial charge in [0.25, 0.3) is 0 Å². The highest BCUT2D eigenvalue weighted by atomic mass is 32.2. The second-order valence-electron chi connectivity index (χ2n) is 6.14. The Morgan fingerprint density at radius 2 is 1.73 bits per heavy atom. The maximum absolute atomic E-state index is 13.2. The molecule has 3 rings (SSSR count). The first-order valence-corrected chi connectivity index (χ1v) is 9.86. The molecule has 2 atom stereocenters. The zero-order valence-electron chi connectivity index (χ0n) is 14.7. The van der Waals surface area contributed by atoms with Crippen LogP contribution >= 0.6 is 0 Å². The topological polar surface area (TPSA) is 63.7 Å². The molecule has 5 nitrogen and oxygen atoms in total. The van der Waals surface area contributed by atoms with Crippen molar-refractivity contribution in [2.45, 2.75) is 23.1 Å². The number of ether oxygens (including phenoxy) is 1. The Bertz CT molecular complexity index is 905. The van der Waals surface area contributed by atoms with E-state index in [0.29, 0.717) is 12.3 Å². The lowest BCUT2D eigenvalue weighted by Crippen LogP contribution is -2.44. The summed E-state index contributed by atoms with van der Waals surface area (Å²) in [6, 6.07) is 14.9. The minimum atomic E-state index is -3.65. The van der Waals surface area contributed by atoms with Gasteiger partial charge in [0.1, 0.15) is 11.0 Å². The van der Waals surface area contributed by atoms with E-state index in [1.54, 1.807) is 66.6 Å². The molecule has 0 bridgehead atoms. The minimum Gasteiger partial charge on any atom is -0.497 e. The van der Waals surface area contributed by atoms with Gasteiger partial charge in [0, 0.05) is 13.5 Å². The van der Waals surface area contributed by atoms with Crippen LogP contribution in [0.15, 0.2) is 71.6 Å². The van der Waals surface area contributed by atoms with Crippen molar-refractivity contribution in [2.75, 3.05) is 13.7 Å². The Morgan fingerprint density at radius 3 is 2.31 bits per heavy atom. The van der Waals surface area contributed by atoms with Crippen molar-refractivity contribution in [2.24, 2.45) is 0 Å². The summed E-state index contributed by atoms with van der Waals surface area (Å²) in [6.07, 6.45) is 3.43. The van der Waals surface area contributed by atoms with Crippen LogP contribution in [-0.4, -0.2) is 38.1 Å². The second-order valence-corrected chi connectivity index (χ2v) is 8.25. The van der Waals surface area contributed by atoms with Crippen LogP contribution in [0.3, 0.4) is 0 Å². The molecule has 1 amide bonds. The molecule has 26 heavy (non-hydrogen) atoms. The fourth-order valence-electron chi connectivity index (χ4n) is 3.24. The number of carbonyl (C=O) groups is 1. The van der Waals surface area contributed by atoms with Crippen LogP contribution in [0.25, 0.3) is 0 Å². The molecule has 0 radical (unpaired) electrons. The Labute approximate surface area is 153 Å². The summed E-state index contributed by atoms with van der Waals surface area (Å²) in [4.78, 5) is 14.0. The highest BCUT2D eigenvalue weighted by Gasteiger charge is 2.40. The molecule has 0 N–H and O–H groups in total. The summed E-state index contributed by atoms with van der Waals surface area (Å²) >= 11 is 0. The largest absolute Gasteiger partial charge is 0.497 e. The Kier molecular flexibility index (Phi) is 5.13. The molecule has 0 aromatic heterocycles. The van der Waals surface area contributed by atoms with Gasteiger partial charge in [0.05, 0.1) is 18.0 Å². The fraction of sp³-hybridized carbons (Fsp3) is 0.250. The van der Waals surface area contributed by atoms with E-state index in [-0.39, 0.29) is 10.8 Å². The average molecular weight is 371 g/mol. The second kappa shape index (κ2) is 7.33. The van der Waals surface area contributed by atoms with Crippen molar-refractivity contribution >= 4 is 15.7 Å². The number of methoxy groups -OCH3 is 1. The summed E-state index contributed by atoms with van der Waals surface area (Å²) in [6.45, 7) is 1.84. The van der Waals surface area contributed by atoms with Gasteiger partial charge >= 0.3 is 0 Å². The smallest absolute Gasteiger partial charge is 0.220 e. The maximum atomic E-state index is 13.2. The molecule has 6 heteroatoms. The van der Waals surface area contributed by atoms with Gasteiger partial charge in [-0.25, -0.2) is 8.42 Å². The third-order valence-corrected chi connectivity index (χ3v) is 6.63. The zero-order valence-corrected chi connectivity index (χ0v) is 15.5. The van der Waals surface area contributed by atoms with Crippen molar-refractivity contribution < 1.29 is 17.9 Å². The normalized spacial score (nSPS) is 20.0. The van der Waals surface area contributed by atoms with Gasteiger partial charge < -0.3 is 9.64 Å². The predicted molar refractivity (Wildman–Crippen MR) is 99.7 cm³/mol. The summed E-state index contributed by atoms with van der Waals surface area (Å²) in [5, 5.41) is -0.851. The van der Waals surface area contributed by atoms with Crippen LogP contribution in [0.2, 0.25) is 0 Å². The van der Waals surface area contributed by atoms with Crippen molar-refractivity contribution in [3.8, 4) is 5.75 Å². The lowest BCUT2D eigenvalue weighted by Gasteiger charge is -2.37. The number of rotatable bonds is 4. The van der Waals surface area contributed by atoms with E-state index in [1.165, 1.54) is 6.92 Å². The zero-order chi connectivity index (χ0) is 18.7. The monoisotopic (exact) mass is 371 g/mol. The standard InChI is InChI=1S/C20H21NO4S/c1-15(22)21-14-6-9-19(26(23,24)18-7-4-3-5-8-18)20(21)16-10-12-17(25-2)13-11-16/h3-13,19-20H,14H2,1-2H3/t19-,20+/m0/s1. The number of carbonyl (C=O) groups excluding carboxylic acids is 1. The van der Waals surface area contributed by atoms with Crippen LogP contribution in [0, 0.1) is 0 Å². The maximum Gasteiger partial charge on any atom is 0.220 e. The molecule has 2 aromatic rings. The van der Waals surface area contributed by atoms with Gasteiger partial charge in [0.15, 0.2) is 9.84 Å². The number of benzene rings is 2. The molecule has 2 aromatic carbocycles. The number of hydrogen-bond donors (Lipinski definition) is 0. The Hall–Kier alpha value is -2.60. The van der Waals surface area contributed by atoms with E-state index in [9.17, 15) is 13.2 Å². The van der Waals surface area contributed by atoms with Crippen molar-refractivity contribution in [3.05, 3.63) is 72.3 Å². The van der Waals surface area contributed by atoms with E-state index in [2.05, 4.69) is 0 Å². The highest BCUT2D eigenvalue weighted by molar-refractivity contribution is 7.92. The Balaban J connectivity index is 2.10. The van der Waals surface area contributed by atoms with Crippen LogP contribution in [0.1, 0.15) is 18.5 Å². The van der Waals surface area contributed by atoms with Gasteiger partial charge in [-0.15, -0.1) is 0 Å². The van der Waals surface area contributed by atoms with E-state index < -0.39 is 21.1 Å². The molecule has 136 valence electrons. The molecule has 0 spiro atoms. The molecule has 1 heterocycles. The SMILES string of the molecule is COc1ccc([C@@H]2[C@@H](S(=O)(=O)c3ccccc3)C=CCN2C(C)=O)cc1. The van der Waals surface area contributed by atoms with Crippen molar-refractivity contribution in [1.82, 2.24) is 4.90 Å². The van der Waals surface area contributed by atoms with Crippen molar-refractivity contribution in [3.63, 3.8) is 0 Å². The molecule has 0 unspecified atom stereocenters. The summed E-state index contributed by atoms with van der Waals surface area (Å²) in [7, 11) is -2.08. The summed E-state index contributed by atoms with van der Waals surface area (Å²) in [5.41, 5.74) is 0.759. The van der Waals surface area contributed by atoms with E-state index in [4.69, 9.17) is 4.74 Å². The van der Waals surface area contributed by atoms with Gasteiger partial charge in [0.2, 0.25) is 5.91 Å². The number of amides is 1. The fourth-order valence-corrected chi connectivity index (χ4v) is 5.05. The minimum absolute atomic E-state index is 0.163. The average Bonchev–Trinajstić information content (AvgIpc) is 2.68. The first kappa shape index (κ1) is 18.2. The van der Waals surface area contributed by atoms with Gasteiger partial charge in [-0.2, -0.15) is 0 Å². The summed E-state index contributed by atoms with van der Waals surface area (Å²) in [5.74, 6) is 0.514. The lowest BCUT2D eigenvalue weighted by atomic mass is 9.98. The van der Waals surface area contributed by atoms with E-state index in [0.717, 1.165) is 5.56 Å². The predicted octanol–water partition coefficient (Wildman–Crippen LogP) is 3.00. The quantitative estimate of drug-likeness (QED) is 0.775. The van der Waals surface area contributed by atoms with E-state index >= 15 is 0 Å². The van der Waals surface area contributed by atoms with Gasteiger partial charge in [-0.1, -0.05) is 42.5 Å². The first-order valence-electron chi connectivity index (χ1n) is 8.32. The van der Waals surface area contributed by atoms with Crippen LogP contribution in [-0.2, 0) is 14.6 Å². The number of sulfone groups is 1. The highest BCUT2D eigenvalue weighted by Crippen LogP contribution is 2.36. The van der Waals surface area contributed by atoms with Crippen LogP contribution in [0.4, 0.5) is 0 Å². The molecule has 0 saturated heterocycles. The van der Waals surface area contributed by atoms with Gasteiger partial charge in [-0.05, 0) is 29.8 Å². The lowest BCUT2D eigenvalue weighted by molar-refractivity contribution is -0.130. The molecular weight excluding hydrogens is 350 g/mol. The third kappa shape index (κ3) is 3.37. The first-order chi connectivity index (χ1) is 12.4. The number of hydrogen-bond acceptors (Lipinski definition) is 4. The van der Waals surface area contributed by atoms with E-state index in [1.807, 2.05) is 12.1 Å². The Morgan fingerprint density at radius 1 is 1.08 bits per heavy atom. The van der Waals surface area contributed by atoms with Crippen LogP contribution < -0.4 is 4.74 Å². The van der Waals surface area contributed by atoms with Gasteiger partial charge in [-0.3, -0.25) is 4.79 Å². The number of nitrogens with zero attached hydrogens (tertiary/aromatic N) is 1. The molecular formula is C20H21NO4S.